The minimum Gasteiger partial charge on any atom is -0.480 e. The molecular weight excluding hydrogens is 264 g/mol. The first-order valence-corrected chi connectivity index (χ1v) is 7.03. The van der Waals surface area contributed by atoms with Gasteiger partial charge >= 0.3 is 0 Å². The summed E-state index contributed by atoms with van der Waals surface area (Å²) >= 11 is 0. The third kappa shape index (κ3) is 2.03. The van der Waals surface area contributed by atoms with E-state index >= 15 is 0 Å². The van der Waals surface area contributed by atoms with Crippen LogP contribution in [0.1, 0.15) is 17.6 Å². The molecule has 21 heavy (non-hydrogen) atoms. The summed E-state index contributed by atoms with van der Waals surface area (Å²) in [4.78, 5) is 6.60. The van der Waals surface area contributed by atoms with E-state index in [4.69, 9.17) is 9.15 Å². The van der Waals surface area contributed by atoms with Gasteiger partial charge in [0.2, 0.25) is 5.89 Å². The van der Waals surface area contributed by atoms with Gasteiger partial charge in [-0.2, -0.15) is 0 Å². The standard InChI is InChI=1S/C17H16N2O2/c1-19(2)12-8-7-11-9-16(20-15(11)10-12)17-18-13-5-3-4-6-14(13)21-17/h3-8,10,16H,9H2,1-2H3. The summed E-state index contributed by atoms with van der Waals surface area (Å²) in [7, 11) is 4.05. The van der Waals surface area contributed by atoms with Gasteiger partial charge in [0.05, 0.1) is 0 Å². The third-order valence-electron chi connectivity index (χ3n) is 3.83. The Morgan fingerprint density at radius 3 is 2.81 bits per heavy atom. The summed E-state index contributed by atoms with van der Waals surface area (Å²) in [5.74, 6) is 1.58. The molecule has 0 amide bonds. The molecule has 4 rings (SSSR count). The van der Waals surface area contributed by atoms with Crippen molar-refractivity contribution in [3.63, 3.8) is 0 Å². The van der Waals surface area contributed by atoms with Crippen molar-refractivity contribution < 1.29 is 9.15 Å². The highest BCUT2D eigenvalue weighted by Gasteiger charge is 2.28. The van der Waals surface area contributed by atoms with Crippen LogP contribution in [0, 0.1) is 0 Å². The van der Waals surface area contributed by atoms with E-state index in [9.17, 15) is 0 Å². The Labute approximate surface area is 123 Å². The van der Waals surface area contributed by atoms with Crippen molar-refractivity contribution in [2.24, 2.45) is 0 Å². The molecule has 1 aliphatic rings. The van der Waals surface area contributed by atoms with Crippen molar-refractivity contribution in [1.29, 1.82) is 0 Å². The first kappa shape index (κ1) is 12.3. The highest BCUT2D eigenvalue weighted by atomic mass is 16.5. The van der Waals surface area contributed by atoms with Crippen molar-refractivity contribution in [2.45, 2.75) is 12.5 Å². The highest BCUT2D eigenvalue weighted by molar-refractivity contribution is 5.72. The molecule has 0 N–H and O–H groups in total. The Kier molecular flexibility index (Phi) is 2.64. The Bertz CT molecular complexity index is 774. The van der Waals surface area contributed by atoms with Gasteiger partial charge in [-0.05, 0) is 23.8 Å². The van der Waals surface area contributed by atoms with Crippen LogP contribution in [0.3, 0.4) is 0 Å². The van der Waals surface area contributed by atoms with Crippen LogP contribution in [0.2, 0.25) is 0 Å². The zero-order chi connectivity index (χ0) is 14.4. The quantitative estimate of drug-likeness (QED) is 0.719. The van der Waals surface area contributed by atoms with Gasteiger partial charge in [0, 0.05) is 32.3 Å². The lowest BCUT2D eigenvalue weighted by molar-refractivity contribution is 0.201. The first-order chi connectivity index (χ1) is 10.2. The number of rotatable bonds is 2. The molecule has 4 nitrogen and oxygen atoms in total. The molecule has 0 bridgehead atoms. The Balaban J connectivity index is 1.66. The van der Waals surface area contributed by atoms with Crippen LogP contribution < -0.4 is 9.64 Å². The fraction of sp³-hybridized carbons (Fsp3) is 0.235. The number of fused-ring (bicyclic) bond motifs is 2. The Morgan fingerprint density at radius 1 is 1.14 bits per heavy atom. The molecule has 0 radical (unpaired) electrons. The Hall–Kier alpha value is -2.49. The molecule has 0 saturated carbocycles. The van der Waals surface area contributed by atoms with Gasteiger partial charge in [0.1, 0.15) is 11.3 Å². The maximum atomic E-state index is 6.03. The zero-order valence-electron chi connectivity index (χ0n) is 12.0. The smallest absolute Gasteiger partial charge is 0.237 e. The van der Waals surface area contributed by atoms with Gasteiger partial charge in [-0.25, -0.2) is 4.98 Å². The summed E-state index contributed by atoms with van der Waals surface area (Å²) in [5, 5.41) is 0. The van der Waals surface area contributed by atoms with E-state index in [0.29, 0.717) is 5.89 Å². The monoisotopic (exact) mass is 280 g/mol. The van der Waals surface area contributed by atoms with Gasteiger partial charge in [-0.3, -0.25) is 0 Å². The predicted molar refractivity (Wildman–Crippen MR) is 81.9 cm³/mol. The fourth-order valence-electron chi connectivity index (χ4n) is 2.66. The van der Waals surface area contributed by atoms with Gasteiger partial charge in [0.25, 0.3) is 0 Å². The normalized spacial score (nSPS) is 16.8. The predicted octanol–water partition coefficient (Wildman–Crippen LogP) is 3.57. The molecular formula is C17H16N2O2. The number of ether oxygens (including phenoxy) is 1. The lowest BCUT2D eigenvalue weighted by atomic mass is 10.1. The lowest BCUT2D eigenvalue weighted by Gasteiger charge is -2.13. The SMILES string of the molecule is CN(C)c1ccc2c(c1)OC(c1nc3ccccc3o1)C2. The van der Waals surface area contributed by atoms with Crippen molar-refractivity contribution in [3.05, 3.63) is 53.9 Å². The molecule has 106 valence electrons. The summed E-state index contributed by atoms with van der Waals surface area (Å²) in [6, 6.07) is 14.1. The van der Waals surface area contributed by atoms with Gasteiger partial charge < -0.3 is 14.1 Å². The number of aromatic nitrogens is 1. The van der Waals surface area contributed by atoms with Crippen LogP contribution in [-0.4, -0.2) is 19.1 Å². The molecule has 0 spiro atoms. The minimum absolute atomic E-state index is 0.134. The second-order valence-corrected chi connectivity index (χ2v) is 5.52. The maximum absolute atomic E-state index is 6.03. The van der Waals surface area contributed by atoms with Crippen LogP contribution in [0.25, 0.3) is 11.1 Å². The van der Waals surface area contributed by atoms with Crippen LogP contribution >= 0.6 is 0 Å². The molecule has 1 unspecified atom stereocenters. The number of oxazole rings is 1. The highest BCUT2D eigenvalue weighted by Crippen LogP contribution is 2.39. The van der Waals surface area contributed by atoms with Gasteiger partial charge in [-0.15, -0.1) is 0 Å². The van der Waals surface area contributed by atoms with E-state index < -0.39 is 0 Å². The van der Waals surface area contributed by atoms with E-state index in [-0.39, 0.29) is 6.10 Å². The average Bonchev–Trinajstić information content (AvgIpc) is 3.09. The maximum Gasteiger partial charge on any atom is 0.237 e. The number of anilines is 1. The minimum atomic E-state index is -0.134. The van der Waals surface area contributed by atoms with Crippen molar-refractivity contribution in [2.75, 3.05) is 19.0 Å². The molecule has 0 saturated heterocycles. The number of para-hydroxylation sites is 2. The summed E-state index contributed by atoms with van der Waals surface area (Å²) < 4.78 is 11.8. The average molecular weight is 280 g/mol. The van der Waals surface area contributed by atoms with Crippen LogP contribution in [0.5, 0.6) is 5.75 Å². The number of hydrogen-bond donors (Lipinski definition) is 0. The molecule has 4 heteroatoms. The van der Waals surface area contributed by atoms with Crippen molar-refractivity contribution in [3.8, 4) is 5.75 Å². The summed E-state index contributed by atoms with van der Waals surface area (Å²) in [6.45, 7) is 0. The molecule has 1 aromatic heterocycles. The Morgan fingerprint density at radius 2 is 2.00 bits per heavy atom. The molecule has 1 aliphatic heterocycles. The van der Waals surface area contributed by atoms with Gasteiger partial charge in [0.15, 0.2) is 11.7 Å². The van der Waals surface area contributed by atoms with Crippen molar-refractivity contribution >= 4 is 16.8 Å². The largest absolute Gasteiger partial charge is 0.480 e. The molecule has 3 aromatic rings. The summed E-state index contributed by atoms with van der Waals surface area (Å²) in [6.07, 6.45) is 0.667. The van der Waals surface area contributed by atoms with Crippen LogP contribution in [-0.2, 0) is 6.42 Å². The second kappa shape index (κ2) is 4.52. The van der Waals surface area contributed by atoms with E-state index in [1.165, 1.54) is 5.56 Å². The fourth-order valence-corrected chi connectivity index (χ4v) is 2.66. The molecule has 2 aromatic carbocycles. The van der Waals surface area contributed by atoms with Crippen molar-refractivity contribution in [1.82, 2.24) is 4.98 Å². The van der Waals surface area contributed by atoms with E-state index in [2.05, 4.69) is 28.1 Å². The van der Waals surface area contributed by atoms with Gasteiger partial charge in [-0.1, -0.05) is 18.2 Å². The summed E-state index contributed by atoms with van der Waals surface area (Å²) in [5.41, 5.74) is 4.02. The van der Waals surface area contributed by atoms with E-state index in [1.54, 1.807) is 0 Å². The second-order valence-electron chi connectivity index (χ2n) is 5.52. The third-order valence-corrected chi connectivity index (χ3v) is 3.83. The van der Waals surface area contributed by atoms with E-state index in [1.807, 2.05) is 38.4 Å². The lowest BCUT2D eigenvalue weighted by Crippen LogP contribution is -2.08. The number of nitrogens with zero attached hydrogens (tertiary/aromatic N) is 2. The first-order valence-electron chi connectivity index (χ1n) is 7.03. The molecule has 0 aliphatic carbocycles. The molecule has 2 heterocycles. The number of hydrogen-bond acceptors (Lipinski definition) is 4. The molecule has 1 atom stereocenters. The zero-order valence-corrected chi connectivity index (χ0v) is 12.0. The topological polar surface area (TPSA) is 38.5 Å². The number of benzene rings is 2. The van der Waals surface area contributed by atoms with Crippen LogP contribution in [0.4, 0.5) is 5.69 Å². The van der Waals surface area contributed by atoms with E-state index in [0.717, 1.165) is 29.0 Å². The van der Waals surface area contributed by atoms with Crippen LogP contribution in [0.15, 0.2) is 46.9 Å². The molecule has 0 fully saturated rings.